The van der Waals surface area contributed by atoms with Crippen molar-refractivity contribution in [3.05, 3.63) is 59.2 Å². The van der Waals surface area contributed by atoms with Gasteiger partial charge in [0, 0.05) is 30.8 Å². The highest BCUT2D eigenvalue weighted by Crippen LogP contribution is 2.32. The van der Waals surface area contributed by atoms with Crippen LogP contribution in [0.3, 0.4) is 0 Å². The largest absolute Gasteiger partial charge is 0.490 e. The van der Waals surface area contributed by atoms with Gasteiger partial charge in [0.1, 0.15) is 0 Å². The number of nitrogens with zero attached hydrogens (tertiary/aromatic N) is 1. The van der Waals surface area contributed by atoms with Crippen molar-refractivity contribution in [3.8, 4) is 11.5 Å². The SMILES string of the molecule is CCNC(=O)c1ccc(CN=C(NCC)NCc2cccc(OCC)c2OC(F)F)cc1. The summed E-state index contributed by atoms with van der Waals surface area (Å²) in [4.78, 5) is 16.4. The minimum absolute atomic E-state index is 0.00800. The summed E-state index contributed by atoms with van der Waals surface area (Å²) in [6.45, 7) is 4.73. The number of hydrogen-bond acceptors (Lipinski definition) is 4. The zero-order chi connectivity index (χ0) is 23.3. The van der Waals surface area contributed by atoms with Crippen molar-refractivity contribution in [3.63, 3.8) is 0 Å². The summed E-state index contributed by atoms with van der Waals surface area (Å²) < 4.78 is 35.9. The van der Waals surface area contributed by atoms with E-state index in [4.69, 9.17) is 9.47 Å². The van der Waals surface area contributed by atoms with Gasteiger partial charge in [-0.25, -0.2) is 4.99 Å². The molecule has 2 aromatic rings. The summed E-state index contributed by atoms with van der Waals surface area (Å²) in [6.07, 6.45) is 0. The molecule has 3 N–H and O–H groups in total. The number of aliphatic imine (C=N–C) groups is 1. The Balaban J connectivity index is 2.09. The molecule has 2 aromatic carbocycles. The zero-order valence-corrected chi connectivity index (χ0v) is 18.6. The van der Waals surface area contributed by atoms with Crippen LogP contribution in [0, 0.1) is 0 Å². The van der Waals surface area contributed by atoms with Gasteiger partial charge in [0.2, 0.25) is 0 Å². The smallest absolute Gasteiger partial charge is 0.387 e. The lowest BCUT2D eigenvalue weighted by molar-refractivity contribution is -0.0520. The fourth-order valence-electron chi connectivity index (χ4n) is 2.91. The van der Waals surface area contributed by atoms with E-state index in [2.05, 4.69) is 20.9 Å². The highest BCUT2D eigenvalue weighted by molar-refractivity contribution is 5.94. The predicted octanol–water partition coefficient (Wildman–Crippen LogP) is 3.69. The van der Waals surface area contributed by atoms with Gasteiger partial charge in [-0.2, -0.15) is 8.78 Å². The number of alkyl halides is 2. The number of benzene rings is 2. The van der Waals surface area contributed by atoms with Crippen molar-refractivity contribution in [2.75, 3.05) is 19.7 Å². The molecule has 0 saturated carbocycles. The molecular formula is C23H30F2N4O3. The minimum Gasteiger partial charge on any atom is -0.490 e. The lowest BCUT2D eigenvalue weighted by Crippen LogP contribution is -2.36. The van der Waals surface area contributed by atoms with E-state index in [9.17, 15) is 13.6 Å². The summed E-state index contributed by atoms with van der Waals surface area (Å²) in [5.41, 5.74) is 2.04. The molecular weight excluding hydrogens is 418 g/mol. The first-order chi connectivity index (χ1) is 15.5. The number of hydrogen-bond donors (Lipinski definition) is 3. The van der Waals surface area contributed by atoms with Crippen molar-refractivity contribution in [2.45, 2.75) is 40.5 Å². The Morgan fingerprint density at radius 1 is 1.00 bits per heavy atom. The Morgan fingerprint density at radius 2 is 1.72 bits per heavy atom. The number of carbonyl (C=O) groups excluding carboxylic acids is 1. The van der Waals surface area contributed by atoms with E-state index in [0.29, 0.717) is 43.3 Å². The molecule has 0 spiro atoms. The number of halogens is 2. The van der Waals surface area contributed by atoms with Gasteiger partial charge in [-0.05, 0) is 44.5 Å². The molecule has 9 heteroatoms. The third kappa shape index (κ3) is 7.72. The van der Waals surface area contributed by atoms with E-state index in [0.717, 1.165) is 5.56 Å². The van der Waals surface area contributed by atoms with Crippen LogP contribution >= 0.6 is 0 Å². The summed E-state index contributed by atoms with van der Waals surface area (Å²) in [5.74, 6) is 0.675. The first kappa shape index (κ1) is 24.9. The Bertz CT molecular complexity index is 889. The van der Waals surface area contributed by atoms with Crippen molar-refractivity contribution in [1.29, 1.82) is 0 Å². The number of para-hydroxylation sites is 1. The molecule has 0 saturated heterocycles. The fraction of sp³-hybridized carbons (Fsp3) is 0.391. The summed E-state index contributed by atoms with van der Waals surface area (Å²) >= 11 is 0. The normalized spacial score (nSPS) is 11.2. The van der Waals surface area contributed by atoms with Crippen molar-refractivity contribution in [2.24, 2.45) is 4.99 Å². The summed E-state index contributed by atoms with van der Waals surface area (Å²) in [5, 5.41) is 9.01. The molecule has 174 valence electrons. The van der Waals surface area contributed by atoms with E-state index in [1.807, 2.05) is 26.0 Å². The topological polar surface area (TPSA) is 84.0 Å². The number of carbonyl (C=O) groups is 1. The number of rotatable bonds is 11. The third-order valence-electron chi connectivity index (χ3n) is 4.33. The maximum Gasteiger partial charge on any atom is 0.387 e. The van der Waals surface area contributed by atoms with E-state index >= 15 is 0 Å². The molecule has 2 rings (SSSR count). The molecule has 0 aromatic heterocycles. The van der Waals surface area contributed by atoms with Crippen LogP contribution in [-0.4, -0.2) is 38.2 Å². The van der Waals surface area contributed by atoms with Gasteiger partial charge in [-0.1, -0.05) is 24.3 Å². The zero-order valence-electron chi connectivity index (χ0n) is 18.6. The summed E-state index contributed by atoms with van der Waals surface area (Å²) in [6, 6.07) is 12.2. The van der Waals surface area contributed by atoms with Gasteiger partial charge < -0.3 is 25.4 Å². The Morgan fingerprint density at radius 3 is 2.34 bits per heavy atom. The Hall–Kier alpha value is -3.36. The molecule has 0 aliphatic carbocycles. The van der Waals surface area contributed by atoms with Gasteiger partial charge in [0.05, 0.1) is 13.2 Å². The molecule has 0 fully saturated rings. The van der Waals surface area contributed by atoms with E-state index < -0.39 is 6.61 Å². The second-order valence-corrected chi connectivity index (χ2v) is 6.66. The maximum absolute atomic E-state index is 12.9. The van der Waals surface area contributed by atoms with Crippen LogP contribution in [-0.2, 0) is 13.1 Å². The van der Waals surface area contributed by atoms with E-state index in [1.54, 1.807) is 37.3 Å². The van der Waals surface area contributed by atoms with Crippen LogP contribution in [0.15, 0.2) is 47.5 Å². The second kappa shape index (κ2) is 13.1. The molecule has 0 unspecified atom stereocenters. The standard InChI is InChI=1S/C23H30F2N4O3/c1-4-26-21(30)17-12-10-16(11-13-17)14-28-23(27-5-2)29-15-18-8-7-9-19(31-6-3)20(18)32-22(24)25/h7-13,22H,4-6,14-15H2,1-3H3,(H,26,30)(H2,27,28,29). The first-order valence-electron chi connectivity index (χ1n) is 10.6. The molecule has 1 amide bonds. The fourth-order valence-corrected chi connectivity index (χ4v) is 2.91. The molecule has 0 atom stereocenters. The lowest BCUT2D eigenvalue weighted by atomic mass is 10.1. The quantitative estimate of drug-likeness (QED) is 0.361. The molecule has 0 aliphatic heterocycles. The number of guanidine groups is 1. The average molecular weight is 449 g/mol. The molecule has 0 heterocycles. The Labute approximate surface area is 187 Å². The van der Waals surface area contributed by atoms with Crippen LogP contribution in [0.5, 0.6) is 11.5 Å². The molecule has 0 aliphatic rings. The van der Waals surface area contributed by atoms with E-state index in [1.165, 1.54) is 0 Å². The van der Waals surface area contributed by atoms with Gasteiger partial charge in [-0.3, -0.25) is 4.79 Å². The third-order valence-corrected chi connectivity index (χ3v) is 4.33. The number of nitrogens with one attached hydrogen (secondary N) is 3. The van der Waals surface area contributed by atoms with Crippen LogP contribution < -0.4 is 25.4 Å². The second-order valence-electron chi connectivity index (χ2n) is 6.66. The number of amides is 1. The van der Waals surface area contributed by atoms with Gasteiger partial charge in [-0.15, -0.1) is 0 Å². The van der Waals surface area contributed by atoms with Gasteiger partial charge in [0.15, 0.2) is 17.5 Å². The molecule has 7 nitrogen and oxygen atoms in total. The molecule has 0 bridgehead atoms. The lowest BCUT2D eigenvalue weighted by Gasteiger charge is -2.17. The highest BCUT2D eigenvalue weighted by Gasteiger charge is 2.16. The van der Waals surface area contributed by atoms with Gasteiger partial charge in [0.25, 0.3) is 5.91 Å². The average Bonchev–Trinajstić information content (AvgIpc) is 2.77. The molecule has 0 radical (unpaired) electrons. The summed E-state index contributed by atoms with van der Waals surface area (Å²) in [7, 11) is 0. The molecule has 32 heavy (non-hydrogen) atoms. The predicted molar refractivity (Wildman–Crippen MR) is 120 cm³/mol. The van der Waals surface area contributed by atoms with Crippen LogP contribution in [0.4, 0.5) is 8.78 Å². The van der Waals surface area contributed by atoms with E-state index in [-0.39, 0.29) is 24.0 Å². The van der Waals surface area contributed by atoms with Crippen LogP contribution in [0.1, 0.15) is 42.3 Å². The van der Waals surface area contributed by atoms with Crippen LogP contribution in [0.25, 0.3) is 0 Å². The van der Waals surface area contributed by atoms with Crippen molar-refractivity contribution >= 4 is 11.9 Å². The van der Waals surface area contributed by atoms with Crippen molar-refractivity contribution in [1.82, 2.24) is 16.0 Å². The monoisotopic (exact) mass is 448 g/mol. The van der Waals surface area contributed by atoms with Crippen molar-refractivity contribution < 1.29 is 23.0 Å². The van der Waals surface area contributed by atoms with Gasteiger partial charge >= 0.3 is 6.61 Å². The first-order valence-corrected chi connectivity index (χ1v) is 10.6. The van der Waals surface area contributed by atoms with Crippen LogP contribution in [0.2, 0.25) is 0 Å². The minimum atomic E-state index is -2.96. The Kier molecular flexibility index (Phi) is 10.2. The maximum atomic E-state index is 12.9. The number of ether oxygens (including phenoxy) is 2. The highest BCUT2D eigenvalue weighted by atomic mass is 19.3.